The summed E-state index contributed by atoms with van der Waals surface area (Å²) in [5, 5.41) is 8.97. The van der Waals surface area contributed by atoms with Crippen LogP contribution in [0.3, 0.4) is 0 Å². The van der Waals surface area contributed by atoms with Gasteiger partial charge in [0, 0.05) is 5.56 Å². The maximum Gasteiger partial charge on any atom is 0.327 e. The van der Waals surface area contributed by atoms with Crippen LogP contribution in [0.2, 0.25) is 5.02 Å². The Morgan fingerprint density at radius 1 is 1.67 bits per heavy atom. The number of benzene rings is 1. The van der Waals surface area contributed by atoms with Crippen molar-refractivity contribution in [3.05, 3.63) is 28.5 Å². The molecule has 0 aliphatic rings. The summed E-state index contributed by atoms with van der Waals surface area (Å²) in [6.45, 7) is 0. The van der Waals surface area contributed by atoms with E-state index in [1.165, 1.54) is 6.07 Å². The molecule has 4 nitrogen and oxygen atoms in total. The van der Waals surface area contributed by atoms with E-state index >= 15 is 0 Å². The second-order valence-electron chi connectivity index (χ2n) is 2.80. The Morgan fingerprint density at radius 2 is 2.27 bits per heavy atom. The molecule has 1 atom stereocenters. The highest BCUT2D eigenvalue weighted by molar-refractivity contribution is 6.32. The summed E-state index contributed by atoms with van der Waals surface area (Å²) in [6, 6.07) is 1.01. The maximum absolute atomic E-state index is 12.9. The second kappa shape index (κ2) is 4.46. The number of hydrogen-bond donors (Lipinski definition) is 2. The van der Waals surface area contributed by atoms with Crippen molar-refractivity contribution >= 4 is 17.6 Å². The number of methoxy groups -OCH3 is 1. The van der Waals surface area contributed by atoms with Crippen LogP contribution >= 0.6 is 11.6 Å². The van der Waals surface area contributed by atoms with Crippen LogP contribution in [0.4, 0.5) is 4.39 Å². The van der Waals surface area contributed by atoms with Crippen molar-refractivity contribution in [3.8, 4) is 5.75 Å². The fourth-order valence-electron chi connectivity index (χ4n) is 1.06. The molecule has 6 heteroatoms. The number of aromatic hydroxyl groups is 1. The fourth-order valence-corrected chi connectivity index (χ4v) is 1.23. The van der Waals surface area contributed by atoms with Crippen molar-refractivity contribution in [2.45, 2.75) is 6.04 Å². The normalized spacial score (nSPS) is 12.3. The Bertz CT molecular complexity index is 397. The molecule has 1 aromatic carbocycles. The maximum atomic E-state index is 12.9. The van der Waals surface area contributed by atoms with Gasteiger partial charge in [-0.2, -0.15) is 0 Å². The lowest BCUT2D eigenvalue weighted by Gasteiger charge is -2.12. The lowest BCUT2D eigenvalue weighted by Crippen LogP contribution is -2.22. The largest absolute Gasteiger partial charge is 0.506 e. The smallest absolute Gasteiger partial charge is 0.327 e. The van der Waals surface area contributed by atoms with Crippen molar-refractivity contribution < 1.29 is 19.0 Å². The van der Waals surface area contributed by atoms with Crippen molar-refractivity contribution in [2.75, 3.05) is 7.11 Å². The number of carbonyl (C=O) groups excluding carboxylic acids is 1. The van der Waals surface area contributed by atoms with Crippen LogP contribution in [-0.2, 0) is 9.53 Å². The zero-order chi connectivity index (χ0) is 11.6. The summed E-state index contributed by atoms with van der Waals surface area (Å²) in [4.78, 5) is 11.1. The first kappa shape index (κ1) is 11.7. The topological polar surface area (TPSA) is 72.5 Å². The molecule has 0 radical (unpaired) electrons. The van der Waals surface area contributed by atoms with Crippen LogP contribution in [0.25, 0.3) is 0 Å². The van der Waals surface area contributed by atoms with Gasteiger partial charge in [-0.25, -0.2) is 4.39 Å². The number of hydrogen-bond acceptors (Lipinski definition) is 4. The van der Waals surface area contributed by atoms with Gasteiger partial charge in [0.1, 0.15) is 22.6 Å². The number of esters is 1. The van der Waals surface area contributed by atoms with E-state index in [-0.39, 0.29) is 5.56 Å². The molecule has 1 aromatic rings. The van der Waals surface area contributed by atoms with Gasteiger partial charge in [-0.05, 0) is 6.07 Å². The van der Waals surface area contributed by atoms with Crippen LogP contribution in [0, 0.1) is 5.82 Å². The summed E-state index contributed by atoms with van der Waals surface area (Å²) in [5.41, 5.74) is 5.47. The van der Waals surface area contributed by atoms with Crippen molar-refractivity contribution in [1.82, 2.24) is 0 Å². The highest BCUT2D eigenvalue weighted by atomic mass is 35.5. The minimum Gasteiger partial charge on any atom is -0.506 e. The second-order valence-corrected chi connectivity index (χ2v) is 3.18. The zero-order valence-corrected chi connectivity index (χ0v) is 8.58. The van der Waals surface area contributed by atoms with E-state index in [0.717, 1.165) is 13.2 Å². The third kappa shape index (κ3) is 2.19. The lowest BCUT2D eigenvalue weighted by molar-refractivity contribution is -0.142. The van der Waals surface area contributed by atoms with Crippen LogP contribution in [-0.4, -0.2) is 18.2 Å². The molecule has 0 amide bonds. The first-order valence-corrected chi connectivity index (χ1v) is 4.37. The Hall–Kier alpha value is -1.33. The molecule has 0 aliphatic heterocycles. The Morgan fingerprint density at radius 3 is 2.80 bits per heavy atom. The van der Waals surface area contributed by atoms with E-state index in [1.807, 2.05) is 0 Å². The fraction of sp³-hybridized carbons (Fsp3) is 0.222. The molecule has 82 valence electrons. The molecule has 0 aromatic heterocycles. The number of ether oxygens (including phenoxy) is 1. The highest BCUT2D eigenvalue weighted by Crippen LogP contribution is 2.33. The van der Waals surface area contributed by atoms with Gasteiger partial charge < -0.3 is 15.6 Å². The van der Waals surface area contributed by atoms with Gasteiger partial charge in [-0.3, -0.25) is 4.79 Å². The molecule has 0 saturated heterocycles. The number of phenolic OH excluding ortho intramolecular Hbond substituents is 1. The Kier molecular flexibility index (Phi) is 3.49. The van der Waals surface area contributed by atoms with Gasteiger partial charge >= 0.3 is 5.97 Å². The van der Waals surface area contributed by atoms with E-state index in [0.29, 0.717) is 0 Å². The Balaban J connectivity index is 3.16. The van der Waals surface area contributed by atoms with Crippen LogP contribution in [0.15, 0.2) is 12.1 Å². The van der Waals surface area contributed by atoms with Gasteiger partial charge in [0.15, 0.2) is 0 Å². The SMILES string of the molecule is COC(=O)[C@@H](N)c1ccc(F)c(Cl)c1O. The number of phenols is 1. The molecule has 0 unspecified atom stereocenters. The standard InChI is InChI=1S/C9H9ClFNO3/c1-15-9(14)7(12)4-2-3-5(11)6(10)8(4)13/h2-3,7,13H,12H2,1H3/t7-/m0/s1. The summed E-state index contributed by atoms with van der Waals surface area (Å²) in [5.74, 6) is -2.07. The molecule has 3 N–H and O–H groups in total. The molecular weight excluding hydrogens is 225 g/mol. The minimum absolute atomic E-state index is 0.0215. The Labute approximate surface area is 90.4 Å². The zero-order valence-electron chi connectivity index (χ0n) is 7.83. The van der Waals surface area contributed by atoms with Crippen LogP contribution in [0.1, 0.15) is 11.6 Å². The van der Waals surface area contributed by atoms with Gasteiger partial charge in [-0.1, -0.05) is 17.7 Å². The average Bonchev–Trinajstić information content (AvgIpc) is 2.24. The van der Waals surface area contributed by atoms with E-state index < -0.39 is 28.6 Å². The first-order chi connectivity index (χ1) is 6.99. The molecule has 15 heavy (non-hydrogen) atoms. The van der Waals surface area contributed by atoms with E-state index in [2.05, 4.69) is 4.74 Å². The molecule has 1 rings (SSSR count). The number of carbonyl (C=O) groups is 1. The van der Waals surface area contributed by atoms with Crippen molar-refractivity contribution in [1.29, 1.82) is 0 Å². The average molecular weight is 234 g/mol. The highest BCUT2D eigenvalue weighted by Gasteiger charge is 2.22. The number of rotatable bonds is 2. The molecule has 0 fully saturated rings. The molecule has 0 spiro atoms. The third-order valence-electron chi connectivity index (χ3n) is 1.89. The van der Waals surface area contributed by atoms with Crippen molar-refractivity contribution in [2.24, 2.45) is 5.73 Å². The molecule has 0 bridgehead atoms. The van der Waals surface area contributed by atoms with Gasteiger partial charge in [0.05, 0.1) is 7.11 Å². The molecular formula is C9H9ClFNO3. The van der Waals surface area contributed by atoms with Gasteiger partial charge in [0.2, 0.25) is 0 Å². The van der Waals surface area contributed by atoms with Crippen LogP contribution < -0.4 is 5.73 Å². The molecule has 0 heterocycles. The minimum atomic E-state index is -1.19. The lowest BCUT2D eigenvalue weighted by atomic mass is 10.1. The predicted molar refractivity (Wildman–Crippen MR) is 52.0 cm³/mol. The quantitative estimate of drug-likeness (QED) is 0.757. The molecule has 0 saturated carbocycles. The summed E-state index contributed by atoms with van der Waals surface area (Å²) in [6.07, 6.45) is 0. The summed E-state index contributed by atoms with van der Waals surface area (Å²) < 4.78 is 17.2. The third-order valence-corrected chi connectivity index (χ3v) is 2.25. The number of nitrogens with two attached hydrogens (primary N) is 1. The number of halogens is 2. The van der Waals surface area contributed by atoms with Crippen LogP contribution in [0.5, 0.6) is 5.75 Å². The van der Waals surface area contributed by atoms with Gasteiger partial charge in [0.25, 0.3) is 0 Å². The molecule has 0 aliphatic carbocycles. The summed E-state index contributed by atoms with van der Waals surface area (Å²) in [7, 11) is 1.16. The van der Waals surface area contributed by atoms with E-state index in [1.54, 1.807) is 0 Å². The first-order valence-electron chi connectivity index (χ1n) is 3.99. The van der Waals surface area contributed by atoms with E-state index in [9.17, 15) is 14.3 Å². The van der Waals surface area contributed by atoms with Gasteiger partial charge in [-0.15, -0.1) is 0 Å². The predicted octanol–water partition coefficient (Wildman–Crippen LogP) is 1.36. The van der Waals surface area contributed by atoms with Crippen molar-refractivity contribution in [3.63, 3.8) is 0 Å². The monoisotopic (exact) mass is 233 g/mol. The summed E-state index contributed by atoms with van der Waals surface area (Å²) >= 11 is 5.44. The van der Waals surface area contributed by atoms with E-state index in [4.69, 9.17) is 17.3 Å².